The first kappa shape index (κ1) is 15.8. The molecule has 1 saturated heterocycles. The van der Waals surface area contributed by atoms with E-state index in [9.17, 15) is 0 Å². The zero-order valence-electron chi connectivity index (χ0n) is 14.1. The van der Waals surface area contributed by atoms with Gasteiger partial charge in [0.2, 0.25) is 5.82 Å². The third-order valence-electron chi connectivity index (χ3n) is 4.28. The van der Waals surface area contributed by atoms with Gasteiger partial charge in [0.15, 0.2) is 0 Å². The van der Waals surface area contributed by atoms with Crippen molar-refractivity contribution >= 4 is 5.82 Å². The van der Waals surface area contributed by atoms with E-state index in [0.717, 1.165) is 42.9 Å². The third kappa shape index (κ3) is 3.69. The molecule has 6 nitrogen and oxygen atoms in total. The molecule has 6 heteroatoms. The molecule has 0 saturated carbocycles. The normalized spacial score (nSPS) is 16.9. The minimum atomic E-state index is 0.287. The Balaban J connectivity index is 1.44. The average Bonchev–Trinajstić information content (AvgIpc) is 3.33. The second-order valence-corrected chi connectivity index (χ2v) is 6.24. The highest BCUT2D eigenvalue weighted by Gasteiger charge is 2.15. The van der Waals surface area contributed by atoms with Gasteiger partial charge in [-0.05, 0) is 31.9 Å². The van der Waals surface area contributed by atoms with Crippen LogP contribution in [0, 0.1) is 6.92 Å². The Morgan fingerprint density at radius 2 is 1.96 bits per heavy atom. The smallest absolute Gasteiger partial charge is 0.259 e. The molecule has 0 radical (unpaired) electrons. The first-order valence-electron chi connectivity index (χ1n) is 8.50. The van der Waals surface area contributed by atoms with E-state index >= 15 is 0 Å². The number of nitrogens with one attached hydrogen (secondary N) is 1. The van der Waals surface area contributed by atoms with Crippen molar-refractivity contribution in [2.75, 3.05) is 18.5 Å². The largest absolute Gasteiger partial charge is 0.376 e. The molecule has 3 aromatic rings. The highest BCUT2D eigenvalue weighted by molar-refractivity contribution is 5.60. The number of nitrogens with zero attached hydrogens (tertiary/aromatic N) is 3. The first-order chi connectivity index (χ1) is 12.3. The van der Waals surface area contributed by atoms with E-state index in [2.05, 4.69) is 20.4 Å². The van der Waals surface area contributed by atoms with Crippen molar-refractivity contribution in [3.63, 3.8) is 0 Å². The maximum atomic E-state index is 5.60. The highest BCUT2D eigenvalue weighted by Crippen LogP contribution is 2.23. The molecule has 3 heterocycles. The number of aromatic nitrogens is 3. The fourth-order valence-electron chi connectivity index (χ4n) is 2.81. The fraction of sp³-hybridized carbons (Fsp3) is 0.316. The molecular formula is C19H20N4O2. The summed E-state index contributed by atoms with van der Waals surface area (Å²) in [5.41, 5.74) is 2.93. The van der Waals surface area contributed by atoms with Crippen molar-refractivity contribution in [3.8, 4) is 22.8 Å². The van der Waals surface area contributed by atoms with Gasteiger partial charge in [-0.15, -0.1) is 0 Å². The van der Waals surface area contributed by atoms with Crippen LogP contribution in [0.15, 0.2) is 47.1 Å². The summed E-state index contributed by atoms with van der Waals surface area (Å²) in [4.78, 5) is 8.88. The summed E-state index contributed by atoms with van der Waals surface area (Å²) in [5.74, 6) is 1.86. The van der Waals surface area contributed by atoms with E-state index in [1.54, 1.807) is 6.20 Å². The molecule has 0 aliphatic carbocycles. The number of hydrogen-bond acceptors (Lipinski definition) is 6. The van der Waals surface area contributed by atoms with E-state index in [4.69, 9.17) is 9.26 Å². The minimum Gasteiger partial charge on any atom is -0.376 e. The predicted molar refractivity (Wildman–Crippen MR) is 95.2 cm³/mol. The Labute approximate surface area is 146 Å². The fourth-order valence-corrected chi connectivity index (χ4v) is 2.81. The molecule has 1 atom stereocenters. The molecule has 0 bridgehead atoms. The molecule has 1 fully saturated rings. The lowest BCUT2D eigenvalue weighted by Gasteiger charge is -2.11. The summed E-state index contributed by atoms with van der Waals surface area (Å²) < 4.78 is 11.0. The van der Waals surface area contributed by atoms with Crippen LogP contribution < -0.4 is 5.32 Å². The minimum absolute atomic E-state index is 0.287. The lowest BCUT2D eigenvalue weighted by molar-refractivity contribution is 0.120. The quantitative estimate of drug-likeness (QED) is 0.766. The molecule has 128 valence electrons. The van der Waals surface area contributed by atoms with Gasteiger partial charge in [-0.2, -0.15) is 4.98 Å². The molecule has 0 amide bonds. The molecule has 1 aliphatic heterocycles. The van der Waals surface area contributed by atoms with Crippen LogP contribution in [-0.4, -0.2) is 34.4 Å². The van der Waals surface area contributed by atoms with Gasteiger partial charge in [0, 0.05) is 24.9 Å². The van der Waals surface area contributed by atoms with Crippen LogP contribution in [-0.2, 0) is 4.74 Å². The Morgan fingerprint density at radius 1 is 1.12 bits per heavy atom. The maximum Gasteiger partial charge on any atom is 0.259 e. The highest BCUT2D eigenvalue weighted by atomic mass is 16.5. The van der Waals surface area contributed by atoms with Crippen molar-refractivity contribution in [2.45, 2.75) is 25.9 Å². The maximum absolute atomic E-state index is 5.60. The number of hydrogen-bond donors (Lipinski definition) is 1. The lowest BCUT2D eigenvalue weighted by Crippen LogP contribution is -2.18. The molecule has 0 spiro atoms. The topological polar surface area (TPSA) is 73.1 Å². The van der Waals surface area contributed by atoms with Crippen LogP contribution in [0.5, 0.6) is 0 Å². The zero-order valence-corrected chi connectivity index (χ0v) is 14.1. The summed E-state index contributed by atoms with van der Waals surface area (Å²) in [6.45, 7) is 3.69. The summed E-state index contributed by atoms with van der Waals surface area (Å²) in [6.07, 6.45) is 4.27. The van der Waals surface area contributed by atoms with Gasteiger partial charge in [-0.3, -0.25) is 0 Å². The zero-order chi connectivity index (χ0) is 17.1. The van der Waals surface area contributed by atoms with Crippen LogP contribution in [0.1, 0.15) is 18.4 Å². The summed E-state index contributed by atoms with van der Waals surface area (Å²) >= 11 is 0. The van der Waals surface area contributed by atoms with Crippen LogP contribution in [0.25, 0.3) is 22.8 Å². The molecule has 1 N–H and O–H groups in total. The van der Waals surface area contributed by atoms with Gasteiger partial charge < -0.3 is 14.6 Å². The Kier molecular flexibility index (Phi) is 4.43. The molecule has 4 rings (SSSR count). The van der Waals surface area contributed by atoms with Crippen LogP contribution in [0.3, 0.4) is 0 Å². The molecule has 1 unspecified atom stereocenters. The monoisotopic (exact) mass is 336 g/mol. The summed E-state index contributed by atoms with van der Waals surface area (Å²) in [5, 5.41) is 7.36. The molecule has 1 aromatic carbocycles. The average molecular weight is 336 g/mol. The Hall–Kier alpha value is -2.73. The van der Waals surface area contributed by atoms with Gasteiger partial charge in [0.1, 0.15) is 5.82 Å². The third-order valence-corrected chi connectivity index (χ3v) is 4.28. The number of rotatable bonds is 5. The summed E-state index contributed by atoms with van der Waals surface area (Å²) in [7, 11) is 0. The predicted octanol–water partition coefficient (Wildman–Crippen LogP) is 3.70. The summed E-state index contributed by atoms with van der Waals surface area (Å²) in [6, 6.07) is 11.9. The number of anilines is 1. The van der Waals surface area contributed by atoms with E-state index in [0.29, 0.717) is 11.7 Å². The van der Waals surface area contributed by atoms with Crippen molar-refractivity contribution in [1.29, 1.82) is 0 Å². The second-order valence-electron chi connectivity index (χ2n) is 6.24. The van der Waals surface area contributed by atoms with Crippen molar-refractivity contribution in [3.05, 3.63) is 48.2 Å². The van der Waals surface area contributed by atoms with E-state index < -0.39 is 0 Å². The molecule has 2 aromatic heterocycles. The number of aryl methyl sites for hydroxylation is 1. The molecule has 25 heavy (non-hydrogen) atoms. The molecule has 1 aliphatic rings. The Morgan fingerprint density at radius 3 is 2.68 bits per heavy atom. The molecular weight excluding hydrogens is 316 g/mol. The van der Waals surface area contributed by atoms with Gasteiger partial charge >= 0.3 is 0 Å². The standard InChI is InChI=1S/C19H20N4O2/c1-13-4-6-14(7-5-13)18-22-19(25-23-18)15-8-9-17(20-11-15)21-12-16-3-2-10-24-16/h4-9,11,16H,2-3,10,12H2,1H3,(H,20,21). The van der Waals surface area contributed by atoms with Gasteiger partial charge in [-0.25, -0.2) is 4.98 Å². The second kappa shape index (κ2) is 7.03. The van der Waals surface area contributed by atoms with Crippen molar-refractivity contribution in [2.24, 2.45) is 0 Å². The van der Waals surface area contributed by atoms with Crippen LogP contribution in [0.4, 0.5) is 5.82 Å². The van der Waals surface area contributed by atoms with Gasteiger partial charge in [0.05, 0.1) is 11.7 Å². The van der Waals surface area contributed by atoms with E-state index in [-0.39, 0.29) is 6.10 Å². The number of ether oxygens (including phenoxy) is 1. The van der Waals surface area contributed by atoms with Gasteiger partial charge in [0.25, 0.3) is 5.89 Å². The Bertz CT molecular complexity index is 821. The van der Waals surface area contributed by atoms with Crippen LogP contribution in [0.2, 0.25) is 0 Å². The van der Waals surface area contributed by atoms with Crippen molar-refractivity contribution in [1.82, 2.24) is 15.1 Å². The SMILES string of the molecule is Cc1ccc(-c2noc(-c3ccc(NCC4CCCO4)nc3)n2)cc1. The van der Waals surface area contributed by atoms with Crippen LogP contribution >= 0.6 is 0 Å². The lowest BCUT2D eigenvalue weighted by atomic mass is 10.1. The van der Waals surface area contributed by atoms with E-state index in [1.807, 2.05) is 43.3 Å². The number of pyridine rings is 1. The number of benzene rings is 1. The van der Waals surface area contributed by atoms with Gasteiger partial charge in [-0.1, -0.05) is 35.0 Å². The van der Waals surface area contributed by atoms with E-state index in [1.165, 1.54) is 5.56 Å². The first-order valence-corrected chi connectivity index (χ1v) is 8.50. The van der Waals surface area contributed by atoms with Crippen molar-refractivity contribution < 1.29 is 9.26 Å².